The molecule has 3 heteroatoms. The zero-order chi connectivity index (χ0) is 12.7. The van der Waals surface area contributed by atoms with Crippen LogP contribution in [0, 0.1) is 6.92 Å². The van der Waals surface area contributed by atoms with E-state index in [1.807, 2.05) is 18.2 Å². The fourth-order valence-electron chi connectivity index (χ4n) is 2.44. The lowest BCUT2D eigenvalue weighted by atomic mass is 10.1. The quantitative estimate of drug-likeness (QED) is 0.743. The van der Waals surface area contributed by atoms with Gasteiger partial charge in [0.05, 0.1) is 25.3 Å². The molecule has 1 aromatic heterocycles. The van der Waals surface area contributed by atoms with Crippen molar-refractivity contribution in [1.82, 2.24) is 4.98 Å². The predicted octanol–water partition coefficient (Wildman–Crippen LogP) is 3.65. The molecule has 0 aliphatic carbocycles. The van der Waals surface area contributed by atoms with E-state index in [9.17, 15) is 0 Å². The Morgan fingerprint density at radius 2 is 1.61 bits per heavy atom. The van der Waals surface area contributed by atoms with Gasteiger partial charge in [-0.15, -0.1) is 0 Å². The number of hydrogen-bond acceptors (Lipinski definition) is 2. The van der Waals surface area contributed by atoms with Crippen LogP contribution in [0.5, 0.6) is 11.5 Å². The molecule has 3 aromatic rings. The monoisotopic (exact) mass is 241 g/mol. The normalized spacial score (nSPS) is 11.1. The third-order valence-electron chi connectivity index (χ3n) is 3.25. The number of aryl methyl sites for hydroxylation is 1. The van der Waals surface area contributed by atoms with E-state index in [1.165, 1.54) is 10.9 Å². The average Bonchev–Trinajstić information content (AvgIpc) is 2.76. The molecule has 1 N–H and O–H groups in total. The van der Waals surface area contributed by atoms with Crippen LogP contribution in [0.25, 0.3) is 21.8 Å². The molecular formula is C15H15NO2. The molecule has 0 fully saturated rings. The molecule has 0 aliphatic rings. The van der Waals surface area contributed by atoms with Crippen molar-refractivity contribution < 1.29 is 9.47 Å². The third-order valence-corrected chi connectivity index (χ3v) is 3.25. The Kier molecular flexibility index (Phi) is 2.40. The molecule has 0 saturated heterocycles. The van der Waals surface area contributed by atoms with E-state index in [0.29, 0.717) is 0 Å². The molecule has 92 valence electrons. The van der Waals surface area contributed by atoms with Crippen LogP contribution in [-0.4, -0.2) is 19.2 Å². The van der Waals surface area contributed by atoms with Crippen LogP contribution in [0.1, 0.15) is 5.56 Å². The molecular weight excluding hydrogens is 226 g/mol. The molecule has 0 atom stereocenters. The SMILES string of the molecule is COc1cccc2c1[nH]c1c(OC)cc(C)cc12. The first kappa shape index (κ1) is 11.0. The Morgan fingerprint density at radius 3 is 2.33 bits per heavy atom. The first-order valence-corrected chi connectivity index (χ1v) is 5.87. The van der Waals surface area contributed by atoms with Crippen molar-refractivity contribution in [3.8, 4) is 11.5 Å². The largest absolute Gasteiger partial charge is 0.495 e. The molecule has 3 rings (SSSR count). The summed E-state index contributed by atoms with van der Waals surface area (Å²) >= 11 is 0. The minimum Gasteiger partial charge on any atom is -0.495 e. The molecule has 0 amide bonds. The van der Waals surface area contributed by atoms with Gasteiger partial charge in [0, 0.05) is 10.8 Å². The van der Waals surface area contributed by atoms with E-state index in [4.69, 9.17) is 9.47 Å². The van der Waals surface area contributed by atoms with Crippen LogP contribution in [0.15, 0.2) is 30.3 Å². The molecule has 2 aromatic carbocycles. The molecule has 0 unspecified atom stereocenters. The van der Waals surface area contributed by atoms with Crippen LogP contribution in [0.3, 0.4) is 0 Å². The van der Waals surface area contributed by atoms with Crippen molar-refractivity contribution in [3.05, 3.63) is 35.9 Å². The molecule has 0 radical (unpaired) electrons. The lowest BCUT2D eigenvalue weighted by Crippen LogP contribution is -1.85. The maximum absolute atomic E-state index is 5.44. The van der Waals surface area contributed by atoms with Crippen LogP contribution in [0.2, 0.25) is 0 Å². The minimum atomic E-state index is 0.850. The van der Waals surface area contributed by atoms with Crippen LogP contribution in [0.4, 0.5) is 0 Å². The highest BCUT2D eigenvalue weighted by Gasteiger charge is 2.12. The number of aromatic nitrogens is 1. The summed E-state index contributed by atoms with van der Waals surface area (Å²) in [6.07, 6.45) is 0. The Labute approximate surface area is 105 Å². The fraction of sp³-hybridized carbons (Fsp3) is 0.200. The van der Waals surface area contributed by atoms with Crippen LogP contribution < -0.4 is 9.47 Å². The molecule has 1 heterocycles. The number of aromatic amines is 1. The Bertz CT molecular complexity index is 728. The van der Waals surface area contributed by atoms with Gasteiger partial charge >= 0.3 is 0 Å². The topological polar surface area (TPSA) is 34.2 Å². The Hall–Kier alpha value is -2.16. The summed E-state index contributed by atoms with van der Waals surface area (Å²) in [7, 11) is 3.37. The number of rotatable bonds is 2. The van der Waals surface area contributed by atoms with Gasteiger partial charge in [-0.3, -0.25) is 0 Å². The molecule has 0 spiro atoms. The minimum absolute atomic E-state index is 0.850. The molecule has 18 heavy (non-hydrogen) atoms. The highest BCUT2D eigenvalue weighted by atomic mass is 16.5. The summed E-state index contributed by atoms with van der Waals surface area (Å²) < 4.78 is 10.8. The van der Waals surface area contributed by atoms with Crippen molar-refractivity contribution in [2.24, 2.45) is 0 Å². The number of para-hydroxylation sites is 1. The van der Waals surface area contributed by atoms with E-state index in [2.05, 4.69) is 24.0 Å². The van der Waals surface area contributed by atoms with E-state index < -0.39 is 0 Å². The predicted molar refractivity (Wildman–Crippen MR) is 73.6 cm³/mol. The van der Waals surface area contributed by atoms with E-state index in [1.54, 1.807) is 14.2 Å². The van der Waals surface area contributed by atoms with Gasteiger partial charge in [-0.1, -0.05) is 12.1 Å². The molecule has 0 saturated carbocycles. The summed E-state index contributed by atoms with van der Waals surface area (Å²) in [5.41, 5.74) is 3.21. The maximum Gasteiger partial charge on any atom is 0.143 e. The fourth-order valence-corrected chi connectivity index (χ4v) is 2.44. The number of methoxy groups -OCH3 is 2. The van der Waals surface area contributed by atoms with Crippen molar-refractivity contribution in [2.75, 3.05) is 14.2 Å². The number of fused-ring (bicyclic) bond motifs is 3. The number of H-pyrrole nitrogens is 1. The van der Waals surface area contributed by atoms with Crippen molar-refractivity contribution in [1.29, 1.82) is 0 Å². The van der Waals surface area contributed by atoms with E-state index >= 15 is 0 Å². The first-order chi connectivity index (χ1) is 8.74. The summed E-state index contributed by atoms with van der Waals surface area (Å²) in [5.74, 6) is 1.71. The Balaban J connectivity index is 2.50. The second-order valence-electron chi connectivity index (χ2n) is 4.40. The van der Waals surface area contributed by atoms with Crippen LogP contribution in [-0.2, 0) is 0 Å². The summed E-state index contributed by atoms with van der Waals surface area (Å²) in [5, 5.41) is 2.33. The molecule has 3 nitrogen and oxygen atoms in total. The molecule has 0 bridgehead atoms. The standard InChI is InChI=1S/C15H15NO2/c1-9-7-11-10-5-4-6-12(17-2)14(10)16-15(11)13(8-9)18-3/h4-8,16H,1-3H3. The van der Waals surface area contributed by atoms with Gasteiger partial charge < -0.3 is 14.5 Å². The van der Waals surface area contributed by atoms with E-state index in [-0.39, 0.29) is 0 Å². The average molecular weight is 241 g/mol. The first-order valence-electron chi connectivity index (χ1n) is 5.87. The highest BCUT2D eigenvalue weighted by Crippen LogP contribution is 2.36. The zero-order valence-electron chi connectivity index (χ0n) is 10.7. The van der Waals surface area contributed by atoms with Gasteiger partial charge in [0.1, 0.15) is 11.5 Å². The van der Waals surface area contributed by atoms with Crippen molar-refractivity contribution in [3.63, 3.8) is 0 Å². The zero-order valence-corrected chi connectivity index (χ0v) is 10.7. The summed E-state index contributed by atoms with van der Waals surface area (Å²) in [6.45, 7) is 2.07. The van der Waals surface area contributed by atoms with Crippen molar-refractivity contribution in [2.45, 2.75) is 6.92 Å². The van der Waals surface area contributed by atoms with Gasteiger partial charge in [-0.2, -0.15) is 0 Å². The van der Waals surface area contributed by atoms with Gasteiger partial charge in [0.25, 0.3) is 0 Å². The summed E-state index contributed by atoms with van der Waals surface area (Å²) in [4.78, 5) is 3.39. The Morgan fingerprint density at radius 1 is 0.889 bits per heavy atom. The number of ether oxygens (including phenoxy) is 2. The lowest BCUT2D eigenvalue weighted by molar-refractivity contribution is 0.417. The number of benzene rings is 2. The van der Waals surface area contributed by atoms with Gasteiger partial charge in [-0.25, -0.2) is 0 Å². The third kappa shape index (κ3) is 1.44. The van der Waals surface area contributed by atoms with Crippen LogP contribution >= 0.6 is 0 Å². The smallest absolute Gasteiger partial charge is 0.143 e. The highest BCUT2D eigenvalue weighted by molar-refractivity contribution is 6.11. The van der Waals surface area contributed by atoms with Gasteiger partial charge in [0.15, 0.2) is 0 Å². The van der Waals surface area contributed by atoms with Crippen molar-refractivity contribution >= 4 is 21.8 Å². The lowest BCUT2D eigenvalue weighted by Gasteiger charge is -2.02. The maximum atomic E-state index is 5.44. The summed E-state index contributed by atoms with van der Waals surface area (Å²) in [6, 6.07) is 10.2. The molecule has 0 aliphatic heterocycles. The van der Waals surface area contributed by atoms with E-state index in [0.717, 1.165) is 27.9 Å². The van der Waals surface area contributed by atoms with Gasteiger partial charge in [-0.05, 0) is 30.7 Å². The second-order valence-corrected chi connectivity index (χ2v) is 4.40. The number of nitrogens with one attached hydrogen (secondary N) is 1. The number of hydrogen-bond donors (Lipinski definition) is 1. The van der Waals surface area contributed by atoms with Gasteiger partial charge in [0.2, 0.25) is 0 Å². The second kappa shape index (κ2) is 3.95.